The molecule has 0 aromatic heterocycles. The number of hydrogen-bond donors (Lipinski definition) is 2. The van der Waals surface area contributed by atoms with Gasteiger partial charge in [-0.25, -0.2) is 0 Å². The Morgan fingerprint density at radius 3 is 2.67 bits per heavy atom. The maximum Gasteiger partial charge on any atom is 0.243 e. The van der Waals surface area contributed by atoms with Crippen molar-refractivity contribution in [3.05, 3.63) is 29.8 Å². The summed E-state index contributed by atoms with van der Waals surface area (Å²) < 4.78 is 5.13. The highest BCUT2D eigenvalue weighted by Gasteiger charge is 2.27. The molecule has 2 N–H and O–H groups in total. The summed E-state index contributed by atoms with van der Waals surface area (Å²) in [5.41, 5.74) is 1.24. The fourth-order valence-electron chi connectivity index (χ4n) is 2.45. The minimum absolute atomic E-state index is 0.177. The van der Waals surface area contributed by atoms with Crippen molar-refractivity contribution in [2.24, 2.45) is 0 Å². The molecule has 0 aliphatic carbocycles. The summed E-state index contributed by atoms with van der Waals surface area (Å²) in [6.07, 6.45) is 2.86. The van der Waals surface area contributed by atoms with Gasteiger partial charge in [-0.3, -0.25) is 14.9 Å². The Morgan fingerprint density at radius 1 is 1.33 bits per heavy atom. The number of benzene rings is 1. The monoisotopic (exact) mass is 290 g/mol. The Bertz CT molecular complexity index is 499. The van der Waals surface area contributed by atoms with Crippen LogP contribution >= 0.6 is 0 Å². The number of rotatable bonds is 6. The quantitative estimate of drug-likeness (QED) is 0.777. The molecule has 1 aromatic carbocycles. The summed E-state index contributed by atoms with van der Waals surface area (Å²) >= 11 is 0. The van der Waals surface area contributed by atoms with Crippen molar-refractivity contribution < 1.29 is 14.3 Å². The molecular formula is C16H22N2O3. The van der Waals surface area contributed by atoms with Crippen LogP contribution in [0.1, 0.15) is 31.7 Å². The summed E-state index contributed by atoms with van der Waals surface area (Å²) in [6.45, 7) is 2.06. The molecular weight excluding hydrogens is 268 g/mol. The second kappa shape index (κ2) is 7.22. The van der Waals surface area contributed by atoms with Gasteiger partial charge in [-0.15, -0.1) is 0 Å². The van der Waals surface area contributed by atoms with Crippen molar-refractivity contribution in [3.63, 3.8) is 0 Å². The van der Waals surface area contributed by atoms with Crippen LogP contribution < -0.4 is 15.4 Å². The lowest BCUT2D eigenvalue weighted by Crippen LogP contribution is -2.52. The van der Waals surface area contributed by atoms with Crippen molar-refractivity contribution in [1.29, 1.82) is 0 Å². The lowest BCUT2D eigenvalue weighted by atomic mass is 10.0. The van der Waals surface area contributed by atoms with Crippen molar-refractivity contribution in [2.45, 2.75) is 44.7 Å². The molecule has 0 saturated carbocycles. The van der Waals surface area contributed by atoms with Gasteiger partial charge in [-0.2, -0.15) is 0 Å². The molecule has 2 atom stereocenters. The molecule has 2 amide bonds. The molecule has 0 radical (unpaired) electrons. The number of methoxy groups -OCH3 is 1. The van der Waals surface area contributed by atoms with Crippen LogP contribution in [0.4, 0.5) is 0 Å². The van der Waals surface area contributed by atoms with Crippen LogP contribution in [0, 0.1) is 0 Å². The van der Waals surface area contributed by atoms with Gasteiger partial charge in [-0.05, 0) is 43.9 Å². The van der Waals surface area contributed by atoms with Crippen LogP contribution in [-0.4, -0.2) is 31.0 Å². The fourth-order valence-corrected chi connectivity index (χ4v) is 2.45. The smallest absolute Gasteiger partial charge is 0.243 e. The first-order valence-corrected chi connectivity index (χ1v) is 7.31. The zero-order valence-electron chi connectivity index (χ0n) is 12.5. The zero-order valence-corrected chi connectivity index (χ0v) is 12.5. The second-order valence-corrected chi connectivity index (χ2v) is 5.46. The van der Waals surface area contributed by atoms with Gasteiger partial charge in [0.2, 0.25) is 11.8 Å². The number of hydrogen-bond acceptors (Lipinski definition) is 4. The third kappa shape index (κ3) is 4.56. The fraction of sp³-hybridized carbons (Fsp3) is 0.500. The highest BCUT2D eigenvalue weighted by Crippen LogP contribution is 2.14. The summed E-state index contributed by atoms with van der Waals surface area (Å²) in [5.74, 6) is 0.472. The van der Waals surface area contributed by atoms with E-state index in [2.05, 4.69) is 29.7 Å². The summed E-state index contributed by atoms with van der Waals surface area (Å²) in [4.78, 5) is 22.8. The second-order valence-electron chi connectivity index (χ2n) is 5.46. The minimum Gasteiger partial charge on any atom is -0.497 e. The van der Waals surface area contributed by atoms with Gasteiger partial charge in [0.25, 0.3) is 0 Å². The van der Waals surface area contributed by atoms with Gasteiger partial charge >= 0.3 is 0 Å². The Kier molecular flexibility index (Phi) is 5.33. The number of imide groups is 1. The molecule has 1 saturated heterocycles. The van der Waals surface area contributed by atoms with Crippen molar-refractivity contribution in [3.8, 4) is 5.75 Å². The van der Waals surface area contributed by atoms with E-state index in [9.17, 15) is 9.59 Å². The molecule has 1 fully saturated rings. The number of amides is 2. The summed E-state index contributed by atoms with van der Waals surface area (Å²) in [6, 6.07) is 7.97. The number of carbonyl (C=O) groups excluding carboxylic acids is 2. The van der Waals surface area contributed by atoms with Gasteiger partial charge in [-0.1, -0.05) is 12.1 Å². The van der Waals surface area contributed by atoms with E-state index in [1.807, 2.05) is 12.1 Å². The minimum atomic E-state index is -0.256. The van der Waals surface area contributed by atoms with Gasteiger partial charge in [0.1, 0.15) is 5.75 Å². The molecule has 5 heteroatoms. The van der Waals surface area contributed by atoms with E-state index in [0.717, 1.165) is 18.6 Å². The molecule has 1 heterocycles. The van der Waals surface area contributed by atoms with Gasteiger partial charge in [0.05, 0.1) is 13.2 Å². The van der Waals surface area contributed by atoms with Gasteiger partial charge in [0.15, 0.2) is 0 Å². The molecule has 1 aliphatic heterocycles. The Hall–Kier alpha value is -1.88. The van der Waals surface area contributed by atoms with Crippen LogP contribution in [0.2, 0.25) is 0 Å². The third-order valence-electron chi connectivity index (χ3n) is 3.75. The summed E-state index contributed by atoms with van der Waals surface area (Å²) in [7, 11) is 1.65. The van der Waals surface area contributed by atoms with Crippen LogP contribution in [-0.2, 0) is 16.0 Å². The van der Waals surface area contributed by atoms with Gasteiger partial charge < -0.3 is 10.1 Å². The van der Waals surface area contributed by atoms with Crippen LogP contribution in [0.5, 0.6) is 5.75 Å². The van der Waals surface area contributed by atoms with E-state index in [1.165, 1.54) is 5.56 Å². The highest BCUT2D eigenvalue weighted by molar-refractivity contribution is 6.00. The lowest BCUT2D eigenvalue weighted by Gasteiger charge is -2.25. The summed E-state index contributed by atoms with van der Waals surface area (Å²) in [5, 5.41) is 5.66. The standard InChI is InChI=1S/C16H22N2O3/c1-11(17-14-9-10-15(19)18-16(14)20)3-4-12-5-7-13(21-2)8-6-12/h5-8,11,14,17H,3-4,9-10H2,1-2H3,(H,18,19,20). The molecule has 2 unspecified atom stereocenters. The SMILES string of the molecule is COc1ccc(CCC(C)NC2CCC(=O)NC2=O)cc1. The Morgan fingerprint density at radius 2 is 2.05 bits per heavy atom. The van der Waals surface area contributed by atoms with E-state index in [4.69, 9.17) is 4.74 Å². The Balaban J connectivity index is 1.77. The average molecular weight is 290 g/mol. The number of ether oxygens (including phenoxy) is 1. The number of piperidine rings is 1. The first-order chi connectivity index (χ1) is 10.1. The van der Waals surface area contributed by atoms with Crippen LogP contribution in [0.15, 0.2) is 24.3 Å². The van der Waals surface area contributed by atoms with E-state index in [-0.39, 0.29) is 23.9 Å². The Labute approximate surface area is 125 Å². The highest BCUT2D eigenvalue weighted by atomic mass is 16.5. The zero-order chi connectivity index (χ0) is 15.2. The third-order valence-corrected chi connectivity index (χ3v) is 3.75. The maximum atomic E-state index is 11.7. The molecule has 1 aromatic rings. The number of carbonyl (C=O) groups is 2. The predicted molar refractivity (Wildman–Crippen MR) is 80.1 cm³/mol. The average Bonchev–Trinajstić information content (AvgIpc) is 2.48. The number of nitrogens with one attached hydrogen (secondary N) is 2. The topological polar surface area (TPSA) is 67.4 Å². The molecule has 0 spiro atoms. The molecule has 114 valence electrons. The normalized spacial score (nSPS) is 20.0. The van der Waals surface area contributed by atoms with Crippen molar-refractivity contribution in [2.75, 3.05) is 7.11 Å². The van der Waals surface area contributed by atoms with Crippen molar-refractivity contribution in [1.82, 2.24) is 10.6 Å². The van der Waals surface area contributed by atoms with E-state index >= 15 is 0 Å². The van der Waals surface area contributed by atoms with E-state index in [0.29, 0.717) is 12.8 Å². The largest absolute Gasteiger partial charge is 0.497 e. The lowest BCUT2D eigenvalue weighted by molar-refractivity contribution is -0.134. The number of aryl methyl sites for hydroxylation is 1. The van der Waals surface area contributed by atoms with Crippen LogP contribution in [0.3, 0.4) is 0 Å². The molecule has 0 bridgehead atoms. The maximum absolute atomic E-state index is 11.7. The van der Waals surface area contributed by atoms with E-state index in [1.54, 1.807) is 7.11 Å². The molecule has 5 nitrogen and oxygen atoms in total. The predicted octanol–water partition coefficient (Wildman–Crippen LogP) is 1.41. The first kappa shape index (κ1) is 15.5. The van der Waals surface area contributed by atoms with Crippen molar-refractivity contribution >= 4 is 11.8 Å². The molecule has 2 rings (SSSR count). The first-order valence-electron chi connectivity index (χ1n) is 7.31. The van der Waals surface area contributed by atoms with Gasteiger partial charge in [0, 0.05) is 12.5 Å². The molecule has 1 aliphatic rings. The van der Waals surface area contributed by atoms with E-state index < -0.39 is 0 Å². The van der Waals surface area contributed by atoms with Crippen LogP contribution in [0.25, 0.3) is 0 Å². The molecule has 21 heavy (non-hydrogen) atoms.